The molecule has 1 unspecified atom stereocenters. The van der Waals surface area contributed by atoms with Crippen molar-refractivity contribution in [2.24, 2.45) is 5.10 Å². The molecule has 0 fully saturated rings. The molecule has 27 heavy (non-hydrogen) atoms. The van der Waals surface area contributed by atoms with Crippen molar-refractivity contribution in [3.63, 3.8) is 0 Å². The van der Waals surface area contributed by atoms with E-state index >= 15 is 0 Å². The van der Waals surface area contributed by atoms with E-state index in [1.54, 1.807) is 6.07 Å². The summed E-state index contributed by atoms with van der Waals surface area (Å²) >= 11 is 24.8. The van der Waals surface area contributed by atoms with Gasteiger partial charge in [0.05, 0.1) is 17.4 Å². The van der Waals surface area contributed by atoms with Gasteiger partial charge in [0.25, 0.3) is 0 Å². The van der Waals surface area contributed by atoms with Crippen molar-refractivity contribution in [2.45, 2.75) is 12.5 Å². The van der Waals surface area contributed by atoms with Gasteiger partial charge in [-0.1, -0.05) is 70.7 Å². The van der Waals surface area contributed by atoms with Crippen LogP contribution in [0.25, 0.3) is 0 Å². The van der Waals surface area contributed by atoms with Gasteiger partial charge in [-0.05, 0) is 53.6 Å². The Kier molecular flexibility index (Phi) is 5.34. The van der Waals surface area contributed by atoms with Crippen molar-refractivity contribution in [1.29, 1.82) is 0 Å². The van der Waals surface area contributed by atoms with E-state index in [1.807, 2.05) is 65.7 Å². The molecule has 0 saturated heterocycles. The number of hydrogen-bond donors (Lipinski definition) is 0. The monoisotopic (exact) mass is 434 g/mol. The molecule has 3 aromatic carbocycles. The van der Waals surface area contributed by atoms with Crippen LogP contribution in [-0.4, -0.2) is 5.71 Å². The number of anilines is 1. The van der Waals surface area contributed by atoms with E-state index in [0.717, 1.165) is 22.5 Å². The van der Waals surface area contributed by atoms with Crippen LogP contribution < -0.4 is 5.01 Å². The first-order valence-corrected chi connectivity index (χ1v) is 9.85. The highest BCUT2D eigenvalue weighted by atomic mass is 35.5. The maximum Gasteiger partial charge on any atom is 0.0846 e. The molecule has 6 heteroatoms. The van der Waals surface area contributed by atoms with E-state index in [1.165, 1.54) is 0 Å². The fourth-order valence-electron chi connectivity index (χ4n) is 3.20. The molecule has 3 aromatic rings. The van der Waals surface area contributed by atoms with Gasteiger partial charge in [0.15, 0.2) is 0 Å². The lowest BCUT2D eigenvalue weighted by molar-refractivity contribution is 0.709. The number of hydrogen-bond acceptors (Lipinski definition) is 2. The first-order chi connectivity index (χ1) is 13.0. The van der Waals surface area contributed by atoms with Crippen molar-refractivity contribution >= 4 is 57.8 Å². The third-order valence-electron chi connectivity index (χ3n) is 4.48. The van der Waals surface area contributed by atoms with Crippen LogP contribution in [0.4, 0.5) is 5.69 Å². The Morgan fingerprint density at radius 2 is 1.48 bits per heavy atom. The van der Waals surface area contributed by atoms with Gasteiger partial charge in [-0.15, -0.1) is 0 Å². The van der Waals surface area contributed by atoms with Gasteiger partial charge in [-0.2, -0.15) is 5.10 Å². The Morgan fingerprint density at radius 1 is 0.778 bits per heavy atom. The summed E-state index contributed by atoms with van der Waals surface area (Å²) in [5, 5.41) is 9.42. The molecule has 136 valence electrons. The zero-order valence-corrected chi connectivity index (χ0v) is 17.1. The minimum atomic E-state index is -0.0566. The number of hydrazone groups is 1. The van der Waals surface area contributed by atoms with Crippen LogP contribution >= 0.6 is 46.4 Å². The molecule has 1 aliphatic heterocycles. The predicted octanol–water partition coefficient (Wildman–Crippen LogP) is 7.66. The third-order valence-corrected chi connectivity index (χ3v) is 5.53. The SMILES string of the molecule is Clc1ccc(C2=NN(c3cccc(Cl)c3)C(c3ccc(Cl)cc3Cl)C2)cc1. The van der Waals surface area contributed by atoms with Crippen LogP contribution in [0.1, 0.15) is 23.6 Å². The second-order valence-corrected chi connectivity index (χ2v) is 7.98. The lowest BCUT2D eigenvalue weighted by Crippen LogP contribution is -2.18. The van der Waals surface area contributed by atoms with Crippen molar-refractivity contribution in [3.05, 3.63) is 97.9 Å². The molecule has 0 aliphatic carbocycles. The largest absolute Gasteiger partial charge is 0.257 e. The summed E-state index contributed by atoms with van der Waals surface area (Å²) in [5.74, 6) is 0. The van der Waals surface area contributed by atoms with Crippen molar-refractivity contribution in [3.8, 4) is 0 Å². The first kappa shape index (κ1) is 18.6. The molecule has 0 amide bonds. The van der Waals surface area contributed by atoms with Crippen LogP contribution in [0.2, 0.25) is 20.1 Å². The summed E-state index contributed by atoms with van der Waals surface area (Å²) in [6, 6.07) is 20.8. The molecule has 0 saturated carbocycles. The fraction of sp³-hybridized carbons (Fsp3) is 0.0952. The number of rotatable bonds is 3. The summed E-state index contributed by atoms with van der Waals surface area (Å²) in [6.07, 6.45) is 0.704. The molecule has 1 atom stereocenters. The Balaban J connectivity index is 1.79. The lowest BCUT2D eigenvalue weighted by atomic mass is 9.98. The lowest BCUT2D eigenvalue weighted by Gasteiger charge is -2.25. The Labute approximate surface area is 177 Å². The van der Waals surface area contributed by atoms with E-state index in [-0.39, 0.29) is 6.04 Å². The van der Waals surface area contributed by atoms with Crippen molar-refractivity contribution in [2.75, 3.05) is 5.01 Å². The van der Waals surface area contributed by atoms with Gasteiger partial charge < -0.3 is 0 Å². The maximum atomic E-state index is 6.50. The van der Waals surface area contributed by atoms with E-state index in [2.05, 4.69) is 0 Å². The molecule has 0 spiro atoms. The minimum Gasteiger partial charge on any atom is -0.257 e. The number of benzene rings is 3. The zero-order valence-electron chi connectivity index (χ0n) is 14.0. The number of halogens is 4. The summed E-state index contributed by atoms with van der Waals surface area (Å²) < 4.78 is 0. The minimum absolute atomic E-state index is 0.0566. The molecule has 1 heterocycles. The Hall–Kier alpha value is -1.71. The summed E-state index contributed by atoms with van der Waals surface area (Å²) in [6.45, 7) is 0. The van der Waals surface area contributed by atoms with Crippen LogP contribution in [0.5, 0.6) is 0 Å². The zero-order chi connectivity index (χ0) is 19.0. The second-order valence-electron chi connectivity index (χ2n) is 6.26. The maximum absolute atomic E-state index is 6.50. The number of nitrogens with zero attached hydrogens (tertiary/aromatic N) is 2. The summed E-state index contributed by atoms with van der Waals surface area (Å²) in [5.41, 5.74) is 3.86. The van der Waals surface area contributed by atoms with Gasteiger partial charge in [0, 0.05) is 26.5 Å². The van der Waals surface area contributed by atoms with E-state index in [0.29, 0.717) is 26.5 Å². The quantitative estimate of drug-likeness (QED) is 0.412. The second kappa shape index (κ2) is 7.73. The molecule has 2 nitrogen and oxygen atoms in total. The van der Waals surface area contributed by atoms with E-state index in [4.69, 9.17) is 51.5 Å². The average Bonchev–Trinajstić information content (AvgIpc) is 3.07. The van der Waals surface area contributed by atoms with Crippen molar-refractivity contribution < 1.29 is 0 Å². The molecular formula is C21H14Cl4N2. The molecule has 0 bridgehead atoms. The molecule has 0 radical (unpaired) electrons. The van der Waals surface area contributed by atoms with Crippen LogP contribution in [0.3, 0.4) is 0 Å². The highest BCUT2D eigenvalue weighted by Crippen LogP contribution is 2.40. The van der Waals surface area contributed by atoms with Crippen molar-refractivity contribution in [1.82, 2.24) is 0 Å². The van der Waals surface area contributed by atoms with Crippen LogP contribution in [0, 0.1) is 0 Å². The normalized spacial score (nSPS) is 16.5. The Morgan fingerprint density at radius 3 is 2.19 bits per heavy atom. The molecule has 0 aromatic heterocycles. The molecule has 0 N–H and O–H groups in total. The molecule has 1 aliphatic rings. The van der Waals surface area contributed by atoms with Gasteiger partial charge >= 0.3 is 0 Å². The average molecular weight is 436 g/mol. The van der Waals surface area contributed by atoms with E-state index in [9.17, 15) is 0 Å². The van der Waals surface area contributed by atoms with Crippen LogP contribution in [-0.2, 0) is 0 Å². The first-order valence-electron chi connectivity index (χ1n) is 8.34. The van der Waals surface area contributed by atoms with Gasteiger partial charge in [-0.3, -0.25) is 5.01 Å². The molecule has 4 rings (SSSR count). The highest BCUT2D eigenvalue weighted by molar-refractivity contribution is 6.35. The summed E-state index contributed by atoms with van der Waals surface area (Å²) in [7, 11) is 0. The van der Waals surface area contributed by atoms with Gasteiger partial charge in [-0.25, -0.2) is 0 Å². The standard InChI is InChI=1S/C21H14Cl4N2/c22-14-6-4-13(5-7-14)20-12-21(18-9-8-16(24)11-19(18)25)27(26-20)17-3-1-2-15(23)10-17/h1-11,21H,12H2. The molecular weight excluding hydrogens is 422 g/mol. The predicted molar refractivity (Wildman–Crippen MR) is 116 cm³/mol. The summed E-state index contributed by atoms with van der Waals surface area (Å²) in [4.78, 5) is 0. The van der Waals surface area contributed by atoms with Crippen LogP contribution in [0.15, 0.2) is 71.8 Å². The highest BCUT2D eigenvalue weighted by Gasteiger charge is 2.31. The Bertz CT molecular complexity index is 1010. The van der Waals surface area contributed by atoms with E-state index < -0.39 is 0 Å². The smallest absolute Gasteiger partial charge is 0.0846 e. The third kappa shape index (κ3) is 3.95. The van der Waals surface area contributed by atoms with Gasteiger partial charge in [0.2, 0.25) is 0 Å². The van der Waals surface area contributed by atoms with Gasteiger partial charge in [0.1, 0.15) is 0 Å². The fourth-order valence-corrected chi connectivity index (χ4v) is 4.04. The topological polar surface area (TPSA) is 15.6 Å².